The number of hydrogen-bond donors (Lipinski definition) is 0. The van der Waals surface area contributed by atoms with Gasteiger partial charge >= 0.3 is 0 Å². The van der Waals surface area contributed by atoms with Gasteiger partial charge in [-0.1, -0.05) is 6.07 Å². The molecule has 1 amide bonds. The molecule has 3 heteroatoms. The molecule has 1 heterocycles. The van der Waals surface area contributed by atoms with E-state index >= 15 is 0 Å². The summed E-state index contributed by atoms with van der Waals surface area (Å²) >= 11 is 0. The Bertz CT molecular complexity index is 420. The Balaban J connectivity index is 2.28. The standard InChI is InChI=1S/C12H12N2O/c13-9-10-4-3-5-11(8-10)14-7-2-1-6-12(14)15/h3-5,8H,1-2,6-7H2. The fourth-order valence-corrected chi connectivity index (χ4v) is 1.82. The first-order valence-electron chi connectivity index (χ1n) is 5.12. The Morgan fingerprint density at radius 2 is 2.20 bits per heavy atom. The molecule has 0 N–H and O–H groups in total. The molecular weight excluding hydrogens is 188 g/mol. The van der Waals surface area contributed by atoms with Crippen molar-refractivity contribution in [3.05, 3.63) is 29.8 Å². The van der Waals surface area contributed by atoms with Gasteiger partial charge in [0.1, 0.15) is 0 Å². The lowest BCUT2D eigenvalue weighted by atomic mass is 10.1. The second kappa shape index (κ2) is 4.14. The van der Waals surface area contributed by atoms with Crippen molar-refractivity contribution in [2.75, 3.05) is 11.4 Å². The summed E-state index contributed by atoms with van der Waals surface area (Å²) in [5.41, 5.74) is 1.45. The molecule has 1 fully saturated rings. The maximum absolute atomic E-state index is 11.6. The molecule has 0 spiro atoms. The summed E-state index contributed by atoms with van der Waals surface area (Å²) < 4.78 is 0. The molecule has 0 saturated carbocycles. The van der Waals surface area contributed by atoms with E-state index in [1.807, 2.05) is 12.1 Å². The van der Waals surface area contributed by atoms with E-state index in [2.05, 4.69) is 6.07 Å². The molecule has 15 heavy (non-hydrogen) atoms. The molecule has 0 radical (unpaired) electrons. The number of rotatable bonds is 1. The van der Waals surface area contributed by atoms with Crippen LogP contribution in [0.5, 0.6) is 0 Å². The molecule has 3 nitrogen and oxygen atoms in total. The third-order valence-corrected chi connectivity index (χ3v) is 2.61. The van der Waals surface area contributed by atoms with Crippen LogP contribution >= 0.6 is 0 Å². The third-order valence-electron chi connectivity index (χ3n) is 2.61. The van der Waals surface area contributed by atoms with E-state index in [4.69, 9.17) is 5.26 Å². The highest BCUT2D eigenvalue weighted by atomic mass is 16.2. The van der Waals surface area contributed by atoms with Crippen molar-refractivity contribution in [2.24, 2.45) is 0 Å². The van der Waals surface area contributed by atoms with Crippen molar-refractivity contribution in [3.8, 4) is 6.07 Å². The SMILES string of the molecule is N#Cc1cccc(N2CCCCC2=O)c1. The maximum atomic E-state index is 11.6. The van der Waals surface area contributed by atoms with Crippen LogP contribution in [0.2, 0.25) is 0 Å². The summed E-state index contributed by atoms with van der Waals surface area (Å²) in [5, 5.41) is 8.77. The van der Waals surface area contributed by atoms with Crippen LogP contribution in [-0.2, 0) is 4.79 Å². The summed E-state index contributed by atoms with van der Waals surface area (Å²) in [6.45, 7) is 0.772. The van der Waals surface area contributed by atoms with Gasteiger partial charge in [0.15, 0.2) is 0 Å². The molecule has 2 rings (SSSR count). The number of piperidine rings is 1. The van der Waals surface area contributed by atoms with Gasteiger partial charge in [0, 0.05) is 18.7 Å². The minimum Gasteiger partial charge on any atom is -0.312 e. The predicted octanol–water partition coefficient (Wildman–Crippen LogP) is 2.08. The fraction of sp³-hybridized carbons (Fsp3) is 0.333. The van der Waals surface area contributed by atoms with Crippen LogP contribution < -0.4 is 4.90 Å². The second-order valence-corrected chi connectivity index (χ2v) is 3.66. The Kier molecular flexibility index (Phi) is 2.68. The monoisotopic (exact) mass is 200 g/mol. The fourth-order valence-electron chi connectivity index (χ4n) is 1.82. The van der Waals surface area contributed by atoms with E-state index in [1.165, 1.54) is 0 Å². The van der Waals surface area contributed by atoms with Gasteiger partial charge in [0.05, 0.1) is 11.6 Å². The number of anilines is 1. The summed E-state index contributed by atoms with van der Waals surface area (Å²) in [6, 6.07) is 9.29. The lowest BCUT2D eigenvalue weighted by Crippen LogP contribution is -2.35. The maximum Gasteiger partial charge on any atom is 0.226 e. The quantitative estimate of drug-likeness (QED) is 0.696. The number of carbonyl (C=O) groups excluding carboxylic acids is 1. The van der Waals surface area contributed by atoms with Gasteiger partial charge in [-0.3, -0.25) is 4.79 Å². The van der Waals surface area contributed by atoms with Gasteiger partial charge in [-0.05, 0) is 31.0 Å². The molecule has 1 saturated heterocycles. The minimum atomic E-state index is 0.163. The average molecular weight is 200 g/mol. The topological polar surface area (TPSA) is 44.1 Å². The lowest BCUT2D eigenvalue weighted by molar-refractivity contribution is -0.119. The molecule has 1 aliphatic rings. The van der Waals surface area contributed by atoms with E-state index in [-0.39, 0.29) is 5.91 Å². The van der Waals surface area contributed by atoms with E-state index in [0.717, 1.165) is 25.1 Å². The van der Waals surface area contributed by atoms with Crippen molar-refractivity contribution >= 4 is 11.6 Å². The smallest absolute Gasteiger partial charge is 0.226 e. The van der Waals surface area contributed by atoms with E-state index in [9.17, 15) is 4.79 Å². The Morgan fingerprint density at radius 3 is 2.93 bits per heavy atom. The molecule has 0 atom stereocenters. The van der Waals surface area contributed by atoms with E-state index in [0.29, 0.717) is 12.0 Å². The predicted molar refractivity (Wildman–Crippen MR) is 57.4 cm³/mol. The lowest BCUT2D eigenvalue weighted by Gasteiger charge is -2.26. The third kappa shape index (κ3) is 1.99. The van der Waals surface area contributed by atoms with Crippen LogP contribution in [-0.4, -0.2) is 12.5 Å². The van der Waals surface area contributed by atoms with Crippen LogP contribution in [0.3, 0.4) is 0 Å². The molecule has 1 aromatic rings. The molecule has 1 aliphatic heterocycles. The number of nitrogens with zero attached hydrogens (tertiary/aromatic N) is 2. The van der Waals surface area contributed by atoms with Crippen molar-refractivity contribution in [1.29, 1.82) is 5.26 Å². The van der Waals surface area contributed by atoms with E-state index in [1.54, 1.807) is 17.0 Å². The highest BCUT2D eigenvalue weighted by Crippen LogP contribution is 2.21. The summed E-state index contributed by atoms with van der Waals surface area (Å²) in [7, 11) is 0. The van der Waals surface area contributed by atoms with Crippen molar-refractivity contribution in [1.82, 2.24) is 0 Å². The van der Waals surface area contributed by atoms with Gasteiger partial charge in [0.2, 0.25) is 5.91 Å². The summed E-state index contributed by atoms with van der Waals surface area (Å²) in [5.74, 6) is 0.163. The highest BCUT2D eigenvalue weighted by Gasteiger charge is 2.19. The molecule has 0 aromatic heterocycles. The molecular formula is C12H12N2O. The average Bonchev–Trinajstić information content (AvgIpc) is 2.30. The van der Waals surface area contributed by atoms with Crippen LogP contribution in [0.4, 0.5) is 5.69 Å². The number of benzene rings is 1. The molecule has 0 aliphatic carbocycles. The molecule has 0 bridgehead atoms. The van der Waals surface area contributed by atoms with Gasteiger partial charge in [-0.15, -0.1) is 0 Å². The number of amides is 1. The van der Waals surface area contributed by atoms with Gasteiger partial charge < -0.3 is 4.90 Å². The van der Waals surface area contributed by atoms with Crippen LogP contribution in [0, 0.1) is 11.3 Å². The first-order valence-corrected chi connectivity index (χ1v) is 5.12. The number of hydrogen-bond acceptors (Lipinski definition) is 2. The van der Waals surface area contributed by atoms with Crippen molar-refractivity contribution in [2.45, 2.75) is 19.3 Å². The zero-order chi connectivity index (χ0) is 10.7. The largest absolute Gasteiger partial charge is 0.312 e. The first-order chi connectivity index (χ1) is 7.31. The van der Waals surface area contributed by atoms with Gasteiger partial charge in [-0.2, -0.15) is 5.26 Å². The normalized spacial score (nSPS) is 16.2. The second-order valence-electron chi connectivity index (χ2n) is 3.66. The van der Waals surface area contributed by atoms with Gasteiger partial charge in [0.25, 0.3) is 0 Å². The summed E-state index contributed by atoms with van der Waals surface area (Å²) in [6.07, 6.45) is 2.65. The van der Waals surface area contributed by atoms with Crippen LogP contribution in [0.15, 0.2) is 24.3 Å². The van der Waals surface area contributed by atoms with Crippen molar-refractivity contribution < 1.29 is 4.79 Å². The van der Waals surface area contributed by atoms with Gasteiger partial charge in [-0.25, -0.2) is 0 Å². The zero-order valence-corrected chi connectivity index (χ0v) is 8.44. The molecule has 76 valence electrons. The van der Waals surface area contributed by atoms with E-state index < -0.39 is 0 Å². The number of carbonyl (C=O) groups is 1. The first kappa shape index (κ1) is 9.72. The Hall–Kier alpha value is -1.82. The highest BCUT2D eigenvalue weighted by molar-refractivity contribution is 5.94. The summed E-state index contributed by atoms with van der Waals surface area (Å²) in [4.78, 5) is 13.4. The number of nitriles is 1. The molecule has 0 unspecified atom stereocenters. The zero-order valence-electron chi connectivity index (χ0n) is 8.44. The van der Waals surface area contributed by atoms with Crippen LogP contribution in [0.25, 0.3) is 0 Å². The minimum absolute atomic E-state index is 0.163. The van der Waals surface area contributed by atoms with Crippen LogP contribution in [0.1, 0.15) is 24.8 Å². The molecule has 1 aromatic carbocycles. The van der Waals surface area contributed by atoms with Crippen molar-refractivity contribution in [3.63, 3.8) is 0 Å². The Labute approximate surface area is 88.9 Å². The Morgan fingerprint density at radius 1 is 1.33 bits per heavy atom.